The summed E-state index contributed by atoms with van der Waals surface area (Å²) in [5.41, 5.74) is -1.20. The van der Waals surface area contributed by atoms with Gasteiger partial charge in [0.2, 0.25) is 0 Å². The second kappa shape index (κ2) is 6.67. The molecule has 1 atom stereocenters. The zero-order valence-electron chi connectivity index (χ0n) is 15.2. The Kier molecular flexibility index (Phi) is 4.76. The first-order chi connectivity index (χ1) is 13.0. The molecule has 0 amide bonds. The molecule has 0 spiro atoms. The summed E-state index contributed by atoms with van der Waals surface area (Å²) in [6.07, 6.45) is -4.65. The fourth-order valence-electron chi connectivity index (χ4n) is 3.35. The number of nitriles is 1. The quantitative estimate of drug-likeness (QED) is 0.682. The molecule has 4 nitrogen and oxygen atoms in total. The zero-order valence-corrected chi connectivity index (χ0v) is 16.1. The normalized spacial score (nSPS) is 19.0. The van der Waals surface area contributed by atoms with Crippen molar-refractivity contribution in [2.75, 3.05) is 9.80 Å². The lowest BCUT2D eigenvalue weighted by Crippen LogP contribution is -2.42. The standard InChI is InChI=1S/C20H18F3N3OS/c1-12-19(2,3)26(14-6-8-16(27)9-7-14)18(28)25(12)15-5-4-13(11-24)17(10-15)20(21,22)23/h4-10,18,27-28H,1H2,2-3H3. The predicted molar refractivity (Wildman–Crippen MR) is 105 cm³/mol. The van der Waals surface area contributed by atoms with Crippen LogP contribution in [0.2, 0.25) is 0 Å². The number of alkyl halides is 3. The van der Waals surface area contributed by atoms with E-state index in [1.165, 1.54) is 18.2 Å². The molecule has 1 saturated heterocycles. The van der Waals surface area contributed by atoms with E-state index in [4.69, 9.17) is 5.26 Å². The van der Waals surface area contributed by atoms with E-state index < -0.39 is 28.3 Å². The van der Waals surface area contributed by atoms with Crippen molar-refractivity contribution in [3.05, 3.63) is 65.9 Å². The van der Waals surface area contributed by atoms with Crippen LogP contribution in [-0.4, -0.2) is 16.1 Å². The van der Waals surface area contributed by atoms with Crippen LogP contribution in [0, 0.1) is 11.3 Å². The van der Waals surface area contributed by atoms with Gasteiger partial charge < -0.3 is 14.9 Å². The lowest BCUT2D eigenvalue weighted by Gasteiger charge is -2.34. The topological polar surface area (TPSA) is 50.5 Å². The Morgan fingerprint density at radius 1 is 1.14 bits per heavy atom. The Labute approximate surface area is 166 Å². The molecule has 0 bridgehead atoms. The van der Waals surface area contributed by atoms with E-state index >= 15 is 0 Å². The molecule has 1 N–H and O–H groups in total. The molecule has 28 heavy (non-hydrogen) atoms. The number of thiol groups is 1. The monoisotopic (exact) mass is 405 g/mol. The van der Waals surface area contributed by atoms with Gasteiger partial charge in [-0.3, -0.25) is 0 Å². The number of hydrogen-bond donors (Lipinski definition) is 2. The van der Waals surface area contributed by atoms with Crippen molar-refractivity contribution < 1.29 is 18.3 Å². The molecule has 146 valence electrons. The zero-order chi connectivity index (χ0) is 20.9. The first-order valence-corrected chi connectivity index (χ1v) is 8.86. The second-order valence-electron chi connectivity index (χ2n) is 6.95. The minimum absolute atomic E-state index is 0.106. The number of phenols is 1. The van der Waals surface area contributed by atoms with E-state index in [1.807, 2.05) is 18.7 Å². The smallest absolute Gasteiger partial charge is 0.417 e. The molecule has 1 aliphatic rings. The van der Waals surface area contributed by atoms with Gasteiger partial charge in [-0.25, -0.2) is 0 Å². The lowest BCUT2D eigenvalue weighted by molar-refractivity contribution is -0.137. The summed E-state index contributed by atoms with van der Waals surface area (Å²) >= 11 is 4.64. The van der Waals surface area contributed by atoms with Crippen molar-refractivity contribution in [2.45, 2.75) is 31.1 Å². The van der Waals surface area contributed by atoms with E-state index in [2.05, 4.69) is 19.2 Å². The van der Waals surface area contributed by atoms with Crippen LogP contribution in [0.3, 0.4) is 0 Å². The van der Waals surface area contributed by atoms with Crippen LogP contribution < -0.4 is 9.80 Å². The maximum absolute atomic E-state index is 13.4. The fourth-order valence-corrected chi connectivity index (χ4v) is 4.04. The molecule has 0 aromatic heterocycles. The molecule has 0 radical (unpaired) electrons. The van der Waals surface area contributed by atoms with Gasteiger partial charge in [-0.05, 0) is 56.3 Å². The highest BCUT2D eigenvalue weighted by atomic mass is 32.1. The molecule has 1 fully saturated rings. The highest BCUT2D eigenvalue weighted by Gasteiger charge is 2.47. The summed E-state index contributed by atoms with van der Waals surface area (Å²) in [7, 11) is 0. The summed E-state index contributed by atoms with van der Waals surface area (Å²) in [5, 5.41) is 18.5. The van der Waals surface area contributed by atoms with Gasteiger partial charge in [0.15, 0.2) is 5.50 Å². The number of anilines is 2. The average Bonchev–Trinajstić information content (AvgIpc) is 2.79. The molecule has 1 unspecified atom stereocenters. The van der Waals surface area contributed by atoms with Crippen molar-refractivity contribution >= 4 is 24.0 Å². The van der Waals surface area contributed by atoms with Crippen LogP contribution in [0.15, 0.2) is 54.7 Å². The van der Waals surface area contributed by atoms with Crippen molar-refractivity contribution in [1.82, 2.24) is 0 Å². The molecule has 8 heteroatoms. The third kappa shape index (κ3) is 3.16. The number of hydrogen-bond acceptors (Lipinski definition) is 5. The Morgan fingerprint density at radius 2 is 1.71 bits per heavy atom. The van der Waals surface area contributed by atoms with Gasteiger partial charge in [0, 0.05) is 17.1 Å². The van der Waals surface area contributed by atoms with Crippen LogP contribution in [0.25, 0.3) is 0 Å². The first-order valence-electron chi connectivity index (χ1n) is 8.35. The molecule has 3 rings (SSSR count). The average molecular weight is 405 g/mol. The Bertz CT molecular complexity index is 964. The molecular weight excluding hydrogens is 387 g/mol. The minimum Gasteiger partial charge on any atom is -0.508 e. The van der Waals surface area contributed by atoms with Gasteiger partial charge in [0.05, 0.1) is 22.7 Å². The summed E-state index contributed by atoms with van der Waals surface area (Å²) in [4.78, 5) is 3.50. The minimum atomic E-state index is -4.65. The number of rotatable bonds is 2. The molecular formula is C20H18F3N3OS. The highest BCUT2D eigenvalue weighted by molar-refractivity contribution is 7.81. The van der Waals surface area contributed by atoms with Crippen LogP contribution in [0.5, 0.6) is 5.75 Å². The lowest BCUT2D eigenvalue weighted by atomic mass is 9.99. The predicted octanol–water partition coefficient (Wildman–Crippen LogP) is 5.11. The van der Waals surface area contributed by atoms with E-state index in [0.29, 0.717) is 5.70 Å². The largest absolute Gasteiger partial charge is 0.508 e. The maximum Gasteiger partial charge on any atom is 0.417 e. The van der Waals surface area contributed by atoms with Crippen molar-refractivity contribution in [3.8, 4) is 11.8 Å². The Morgan fingerprint density at radius 3 is 2.25 bits per heavy atom. The first kappa shape index (κ1) is 20.0. The number of aromatic hydroxyl groups is 1. The van der Waals surface area contributed by atoms with Gasteiger partial charge in [-0.1, -0.05) is 6.58 Å². The number of benzene rings is 2. The van der Waals surface area contributed by atoms with Gasteiger partial charge >= 0.3 is 6.18 Å². The van der Waals surface area contributed by atoms with Gasteiger partial charge in [-0.15, -0.1) is 12.6 Å². The Hall–Kier alpha value is -2.79. The summed E-state index contributed by atoms with van der Waals surface area (Å²) < 4.78 is 40.1. The van der Waals surface area contributed by atoms with E-state index in [-0.39, 0.29) is 11.4 Å². The Balaban J connectivity index is 2.10. The van der Waals surface area contributed by atoms with E-state index in [1.54, 1.807) is 23.1 Å². The fraction of sp³-hybridized carbons (Fsp3) is 0.250. The van der Waals surface area contributed by atoms with Crippen molar-refractivity contribution in [2.24, 2.45) is 0 Å². The SMILES string of the molecule is C=C1N(c2ccc(C#N)c(C(F)(F)F)c2)C(S)N(c2ccc(O)cc2)C1(C)C. The van der Waals surface area contributed by atoms with Gasteiger partial charge in [0.25, 0.3) is 0 Å². The summed E-state index contributed by atoms with van der Waals surface area (Å²) in [6, 6.07) is 11.6. The van der Waals surface area contributed by atoms with Crippen LogP contribution in [0.1, 0.15) is 25.0 Å². The number of nitrogens with zero attached hydrogens (tertiary/aromatic N) is 3. The number of phenolic OH excluding ortho intramolecular Hbond substituents is 1. The van der Waals surface area contributed by atoms with E-state index in [9.17, 15) is 18.3 Å². The maximum atomic E-state index is 13.4. The van der Waals surface area contributed by atoms with Crippen LogP contribution >= 0.6 is 12.6 Å². The third-order valence-corrected chi connectivity index (χ3v) is 5.36. The molecule has 0 saturated carbocycles. The van der Waals surface area contributed by atoms with Gasteiger partial charge in [-0.2, -0.15) is 18.4 Å². The molecule has 0 aliphatic carbocycles. The summed E-state index contributed by atoms with van der Waals surface area (Å²) in [5.74, 6) is 0.106. The highest BCUT2D eigenvalue weighted by Crippen LogP contribution is 2.46. The second-order valence-corrected chi connectivity index (χ2v) is 7.41. The van der Waals surface area contributed by atoms with Crippen LogP contribution in [0.4, 0.5) is 24.5 Å². The van der Waals surface area contributed by atoms with Crippen LogP contribution in [-0.2, 0) is 6.18 Å². The van der Waals surface area contributed by atoms with Crippen molar-refractivity contribution in [3.63, 3.8) is 0 Å². The molecule has 2 aromatic rings. The number of halogens is 3. The van der Waals surface area contributed by atoms with Gasteiger partial charge in [0.1, 0.15) is 5.75 Å². The molecule has 1 heterocycles. The summed E-state index contributed by atoms with van der Waals surface area (Å²) in [6.45, 7) is 7.86. The molecule has 1 aliphatic heterocycles. The van der Waals surface area contributed by atoms with Crippen molar-refractivity contribution in [1.29, 1.82) is 5.26 Å². The third-order valence-electron chi connectivity index (χ3n) is 4.90. The van der Waals surface area contributed by atoms with E-state index in [0.717, 1.165) is 17.8 Å². The molecule has 2 aromatic carbocycles.